The molecule has 0 bridgehead atoms. The summed E-state index contributed by atoms with van der Waals surface area (Å²) in [5.41, 5.74) is 4.92. The molecule has 0 aliphatic rings. The molecule has 0 heterocycles. The van der Waals surface area contributed by atoms with Gasteiger partial charge in [0, 0.05) is 11.4 Å². The van der Waals surface area contributed by atoms with Crippen molar-refractivity contribution in [2.75, 3.05) is 13.2 Å². The number of benzene rings is 1. The van der Waals surface area contributed by atoms with Crippen LogP contribution in [-0.4, -0.2) is 25.1 Å². The minimum absolute atomic E-state index is 0.0119. The molecule has 1 rings (SSSR count). The van der Waals surface area contributed by atoms with E-state index in [9.17, 15) is 9.59 Å². The molecule has 0 spiro atoms. The maximum Gasteiger partial charge on any atom is 0.305 e. The van der Waals surface area contributed by atoms with Crippen LogP contribution in [0.25, 0.3) is 0 Å². The average molecular weight is 320 g/mol. The molecule has 5 nitrogen and oxygen atoms in total. The summed E-state index contributed by atoms with van der Waals surface area (Å²) < 4.78 is 10.2. The van der Waals surface area contributed by atoms with Crippen LogP contribution < -0.4 is 10.5 Å². The quantitative estimate of drug-likeness (QED) is 0.590. The molecule has 1 amide bonds. The number of esters is 1. The van der Waals surface area contributed by atoms with Crippen LogP contribution in [0.4, 0.5) is 0 Å². The molecule has 0 aliphatic heterocycles. The molecule has 0 unspecified atom stereocenters. The summed E-state index contributed by atoms with van der Waals surface area (Å²) in [6, 6.07) is 4.91. The lowest BCUT2D eigenvalue weighted by atomic mass is 10.3. The van der Waals surface area contributed by atoms with Crippen molar-refractivity contribution >= 4 is 35.1 Å². The van der Waals surface area contributed by atoms with Gasteiger partial charge in [0.05, 0.1) is 18.1 Å². The highest BCUT2D eigenvalue weighted by molar-refractivity contribution is 6.35. The normalized spacial score (nSPS) is 10.1. The minimum atomic E-state index is -0.501. The van der Waals surface area contributed by atoms with Crippen molar-refractivity contribution in [2.45, 2.75) is 19.3 Å². The second kappa shape index (κ2) is 8.66. The number of rotatable bonds is 8. The van der Waals surface area contributed by atoms with Gasteiger partial charge >= 0.3 is 5.97 Å². The van der Waals surface area contributed by atoms with E-state index in [2.05, 4.69) is 0 Å². The van der Waals surface area contributed by atoms with Gasteiger partial charge in [0.15, 0.2) is 0 Å². The Balaban J connectivity index is 2.18. The monoisotopic (exact) mass is 319 g/mol. The number of carbonyl (C=O) groups excluding carboxylic acids is 2. The van der Waals surface area contributed by atoms with E-state index < -0.39 is 11.9 Å². The zero-order valence-electron chi connectivity index (χ0n) is 10.7. The number of hydrogen-bond donors (Lipinski definition) is 1. The van der Waals surface area contributed by atoms with Crippen molar-refractivity contribution in [3.8, 4) is 5.75 Å². The Morgan fingerprint density at radius 1 is 1.15 bits per heavy atom. The predicted molar refractivity (Wildman–Crippen MR) is 76.0 cm³/mol. The van der Waals surface area contributed by atoms with Gasteiger partial charge in [0.2, 0.25) is 5.91 Å². The third-order valence-corrected chi connectivity index (χ3v) is 2.82. The maximum atomic E-state index is 11.3. The first kappa shape index (κ1) is 16.6. The third-order valence-electron chi connectivity index (χ3n) is 2.29. The second-order valence-electron chi connectivity index (χ2n) is 3.96. The number of primary amides is 1. The number of hydrogen-bond acceptors (Lipinski definition) is 4. The van der Waals surface area contributed by atoms with Gasteiger partial charge in [-0.1, -0.05) is 23.2 Å². The number of nitrogens with two attached hydrogens (primary N) is 1. The largest absolute Gasteiger partial charge is 0.492 e. The molecule has 2 N–H and O–H groups in total. The molecule has 0 saturated heterocycles. The van der Waals surface area contributed by atoms with Gasteiger partial charge in [-0.25, -0.2) is 0 Å². The Hall–Kier alpha value is -1.46. The second-order valence-corrected chi connectivity index (χ2v) is 4.81. The van der Waals surface area contributed by atoms with Gasteiger partial charge in [-0.2, -0.15) is 0 Å². The standard InChI is InChI=1S/C13H15Cl2NO4/c14-9-3-4-11(10(15)8-9)19-6-1-2-13(18)20-7-5-12(16)17/h3-4,8H,1-2,5-7H2,(H2,16,17). The molecule has 0 aliphatic carbocycles. The summed E-state index contributed by atoms with van der Waals surface area (Å²) in [5, 5.41) is 0.946. The highest BCUT2D eigenvalue weighted by atomic mass is 35.5. The van der Waals surface area contributed by atoms with Crippen molar-refractivity contribution in [1.29, 1.82) is 0 Å². The fourth-order valence-corrected chi connectivity index (χ4v) is 1.79. The first-order valence-corrected chi connectivity index (χ1v) is 6.76. The predicted octanol–water partition coefficient (Wildman–Crippen LogP) is 2.57. The minimum Gasteiger partial charge on any atom is -0.492 e. The van der Waals surface area contributed by atoms with Crippen molar-refractivity contribution in [1.82, 2.24) is 0 Å². The topological polar surface area (TPSA) is 78.6 Å². The van der Waals surface area contributed by atoms with Gasteiger partial charge < -0.3 is 15.2 Å². The van der Waals surface area contributed by atoms with E-state index in [1.54, 1.807) is 18.2 Å². The van der Waals surface area contributed by atoms with Crippen LogP contribution in [0.15, 0.2) is 18.2 Å². The zero-order valence-corrected chi connectivity index (χ0v) is 12.2. The van der Waals surface area contributed by atoms with Crippen molar-refractivity contribution < 1.29 is 19.1 Å². The van der Waals surface area contributed by atoms with Crippen molar-refractivity contribution in [3.05, 3.63) is 28.2 Å². The molecule has 0 aromatic heterocycles. The lowest BCUT2D eigenvalue weighted by molar-refractivity contribution is -0.144. The molecule has 0 fully saturated rings. The van der Waals surface area contributed by atoms with E-state index >= 15 is 0 Å². The fourth-order valence-electron chi connectivity index (χ4n) is 1.33. The lowest BCUT2D eigenvalue weighted by Crippen LogP contribution is -2.16. The van der Waals surface area contributed by atoms with Crippen LogP contribution in [-0.2, 0) is 14.3 Å². The van der Waals surface area contributed by atoms with Crippen LogP contribution in [0.2, 0.25) is 10.0 Å². The Morgan fingerprint density at radius 3 is 2.55 bits per heavy atom. The molecule has 110 valence electrons. The van der Waals surface area contributed by atoms with Gasteiger partial charge in [0.1, 0.15) is 12.4 Å². The molecular weight excluding hydrogens is 305 g/mol. The number of carbonyl (C=O) groups is 2. The van der Waals surface area contributed by atoms with E-state index in [1.807, 2.05) is 0 Å². The maximum absolute atomic E-state index is 11.3. The lowest BCUT2D eigenvalue weighted by Gasteiger charge is -2.08. The van der Waals surface area contributed by atoms with E-state index in [4.69, 9.17) is 38.4 Å². The van der Waals surface area contributed by atoms with Gasteiger partial charge in [0.25, 0.3) is 0 Å². The van der Waals surface area contributed by atoms with E-state index in [0.29, 0.717) is 28.8 Å². The molecule has 1 aromatic carbocycles. The summed E-state index contributed by atoms with van der Waals surface area (Å²) in [6.07, 6.45) is 0.709. The summed E-state index contributed by atoms with van der Waals surface area (Å²) in [7, 11) is 0. The van der Waals surface area contributed by atoms with Gasteiger partial charge in [-0.05, 0) is 24.6 Å². The Labute approximate surface area is 126 Å². The summed E-state index contributed by atoms with van der Waals surface area (Å²) in [5.74, 6) is -0.381. The highest BCUT2D eigenvalue weighted by Gasteiger charge is 2.06. The number of ether oxygens (including phenoxy) is 2. The Morgan fingerprint density at radius 2 is 1.90 bits per heavy atom. The Kier molecular flexibility index (Phi) is 7.18. The van der Waals surface area contributed by atoms with E-state index in [0.717, 1.165) is 0 Å². The smallest absolute Gasteiger partial charge is 0.305 e. The van der Waals surface area contributed by atoms with Crippen LogP contribution in [0.1, 0.15) is 19.3 Å². The molecule has 1 aromatic rings. The van der Waals surface area contributed by atoms with Crippen molar-refractivity contribution in [3.63, 3.8) is 0 Å². The van der Waals surface area contributed by atoms with Crippen LogP contribution >= 0.6 is 23.2 Å². The highest BCUT2D eigenvalue weighted by Crippen LogP contribution is 2.27. The molecule has 0 atom stereocenters. The first-order valence-electron chi connectivity index (χ1n) is 6.01. The van der Waals surface area contributed by atoms with E-state index in [-0.39, 0.29) is 19.4 Å². The Bertz CT molecular complexity index is 479. The summed E-state index contributed by atoms with van der Waals surface area (Å²) >= 11 is 11.7. The zero-order chi connectivity index (χ0) is 15.0. The molecule has 7 heteroatoms. The first-order chi connectivity index (χ1) is 9.49. The van der Waals surface area contributed by atoms with Crippen LogP contribution in [0.5, 0.6) is 5.75 Å². The SMILES string of the molecule is NC(=O)CCOC(=O)CCCOc1ccc(Cl)cc1Cl. The summed E-state index contributed by atoms with van der Waals surface area (Å²) in [6.45, 7) is 0.338. The summed E-state index contributed by atoms with van der Waals surface area (Å²) in [4.78, 5) is 21.7. The van der Waals surface area contributed by atoms with Crippen LogP contribution in [0, 0.1) is 0 Å². The molecular formula is C13H15Cl2NO4. The molecule has 0 radical (unpaired) electrons. The molecule has 20 heavy (non-hydrogen) atoms. The van der Waals surface area contributed by atoms with E-state index in [1.165, 1.54) is 0 Å². The number of amides is 1. The third kappa shape index (κ3) is 6.63. The fraction of sp³-hybridized carbons (Fsp3) is 0.385. The molecule has 0 saturated carbocycles. The van der Waals surface area contributed by atoms with Gasteiger partial charge in [-0.15, -0.1) is 0 Å². The number of halogens is 2. The van der Waals surface area contributed by atoms with Gasteiger partial charge in [-0.3, -0.25) is 9.59 Å². The average Bonchev–Trinajstić information content (AvgIpc) is 2.36. The van der Waals surface area contributed by atoms with Crippen LogP contribution in [0.3, 0.4) is 0 Å². The van der Waals surface area contributed by atoms with Crippen molar-refractivity contribution in [2.24, 2.45) is 5.73 Å².